The fraction of sp³-hybridized carbons (Fsp3) is 0.222. The van der Waals surface area contributed by atoms with Gasteiger partial charge in [0.05, 0.1) is 0 Å². The summed E-state index contributed by atoms with van der Waals surface area (Å²) in [5.41, 5.74) is 7.66. The molecule has 3 rings (SSSR count). The summed E-state index contributed by atoms with van der Waals surface area (Å²) in [5.74, 6) is 1.72. The molecule has 2 aromatic carbocycles. The summed E-state index contributed by atoms with van der Waals surface area (Å²) in [6.07, 6.45) is 3.52. The molecule has 2 N–H and O–H groups in total. The van der Waals surface area contributed by atoms with Gasteiger partial charge in [0.25, 0.3) is 0 Å². The lowest BCUT2D eigenvalue weighted by Gasteiger charge is -2.31. The standard InChI is InChI=1S/C18H19NO2/c1-2-16(20-15-10-8-14(19)9-11-15)18-12-7-13-5-3-4-6-17(13)21-18/h2-6,8-11,16,18H,1,7,12,19H2. The number of aryl methyl sites for hydroxylation is 1. The van der Waals surface area contributed by atoms with Crippen LogP contribution < -0.4 is 15.2 Å². The van der Waals surface area contributed by atoms with Crippen LogP contribution in [-0.4, -0.2) is 12.2 Å². The van der Waals surface area contributed by atoms with Gasteiger partial charge in [-0.2, -0.15) is 0 Å². The Kier molecular flexibility index (Phi) is 3.82. The van der Waals surface area contributed by atoms with Crippen LogP contribution in [0.1, 0.15) is 12.0 Å². The zero-order valence-electron chi connectivity index (χ0n) is 11.9. The maximum Gasteiger partial charge on any atom is 0.153 e. The first kappa shape index (κ1) is 13.6. The number of nitrogens with two attached hydrogens (primary N) is 1. The minimum atomic E-state index is -0.179. The molecule has 0 aromatic heterocycles. The third-order valence-electron chi connectivity index (χ3n) is 3.70. The second-order valence-electron chi connectivity index (χ2n) is 5.19. The Balaban J connectivity index is 1.72. The molecule has 3 nitrogen and oxygen atoms in total. The van der Waals surface area contributed by atoms with E-state index in [-0.39, 0.29) is 12.2 Å². The third-order valence-corrected chi connectivity index (χ3v) is 3.70. The van der Waals surface area contributed by atoms with E-state index < -0.39 is 0 Å². The molecule has 3 heteroatoms. The zero-order chi connectivity index (χ0) is 14.7. The van der Waals surface area contributed by atoms with E-state index in [0.29, 0.717) is 0 Å². The van der Waals surface area contributed by atoms with Crippen molar-refractivity contribution in [1.29, 1.82) is 0 Å². The van der Waals surface area contributed by atoms with Gasteiger partial charge in [-0.25, -0.2) is 0 Å². The molecule has 1 heterocycles. The lowest BCUT2D eigenvalue weighted by atomic mass is 9.99. The van der Waals surface area contributed by atoms with Crippen molar-refractivity contribution >= 4 is 5.69 Å². The third kappa shape index (κ3) is 3.02. The van der Waals surface area contributed by atoms with Crippen LogP contribution in [-0.2, 0) is 6.42 Å². The average Bonchev–Trinajstić information content (AvgIpc) is 2.54. The van der Waals surface area contributed by atoms with E-state index >= 15 is 0 Å². The SMILES string of the molecule is C=CC(Oc1ccc(N)cc1)C1CCc2ccccc2O1. The molecule has 1 aliphatic rings. The van der Waals surface area contributed by atoms with Crippen LogP contribution in [0.15, 0.2) is 61.2 Å². The van der Waals surface area contributed by atoms with E-state index in [0.717, 1.165) is 30.0 Å². The van der Waals surface area contributed by atoms with Crippen molar-refractivity contribution in [2.24, 2.45) is 0 Å². The number of rotatable bonds is 4. The Hall–Kier alpha value is -2.42. The molecule has 1 aliphatic heterocycles. The van der Waals surface area contributed by atoms with Gasteiger partial charge in [-0.05, 0) is 54.8 Å². The van der Waals surface area contributed by atoms with Gasteiger partial charge in [-0.3, -0.25) is 0 Å². The van der Waals surface area contributed by atoms with Crippen molar-refractivity contribution < 1.29 is 9.47 Å². The van der Waals surface area contributed by atoms with Crippen molar-refractivity contribution in [2.75, 3.05) is 5.73 Å². The van der Waals surface area contributed by atoms with Crippen LogP contribution in [0.5, 0.6) is 11.5 Å². The number of ether oxygens (including phenoxy) is 2. The highest BCUT2D eigenvalue weighted by atomic mass is 16.5. The normalized spacial score (nSPS) is 18.2. The van der Waals surface area contributed by atoms with E-state index in [4.69, 9.17) is 15.2 Å². The highest BCUT2D eigenvalue weighted by molar-refractivity contribution is 5.42. The number of hydrogen-bond acceptors (Lipinski definition) is 3. The molecular weight excluding hydrogens is 262 g/mol. The van der Waals surface area contributed by atoms with E-state index in [1.54, 1.807) is 6.08 Å². The number of nitrogen functional groups attached to an aromatic ring is 1. The highest BCUT2D eigenvalue weighted by Gasteiger charge is 2.27. The number of para-hydroxylation sites is 1. The number of benzene rings is 2. The molecule has 0 aliphatic carbocycles. The van der Waals surface area contributed by atoms with Crippen molar-refractivity contribution in [2.45, 2.75) is 25.0 Å². The average molecular weight is 281 g/mol. The van der Waals surface area contributed by atoms with Crippen molar-refractivity contribution in [3.63, 3.8) is 0 Å². The van der Waals surface area contributed by atoms with Crippen LogP contribution in [0, 0.1) is 0 Å². The molecule has 2 aromatic rings. The summed E-state index contributed by atoms with van der Waals surface area (Å²) in [6.45, 7) is 3.88. The molecule has 0 saturated heterocycles. The van der Waals surface area contributed by atoms with E-state index in [9.17, 15) is 0 Å². The predicted octanol–water partition coefficient (Wildman–Crippen LogP) is 3.60. The minimum Gasteiger partial charge on any atom is -0.486 e. The topological polar surface area (TPSA) is 44.5 Å². The quantitative estimate of drug-likeness (QED) is 0.688. The maximum absolute atomic E-state index is 6.06. The van der Waals surface area contributed by atoms with Crippen molar-refractivity contribution in [3.8, 4) is 11.5 Å². The van der Waals surface area contributed by atoms with Gasteiger partial charge in [-0.15, -0.1) is 0 Å². The van der Waals surface area contributed by atoms with Crippen LogP contribution in [0.3, 0.4) is 0 Å². The summed E-state index contributed by atoms with van der Waals surface area (Å²) in [6, 6.07) is 15.5. The molecule has 2 atom stereocenters. The Labute approximate surface area is 125 Å². The Morgan fingerprint density at radius 1 is 1.19 bits per heavy atom. The Morgan fingerprint density at radius 3 is 2.71 bits per heavy atom. The Bertz CT molecular complexity index is 621. The highest BCUT2D eigenvalue weighted by Crippen LogP contribution is 2.29. The van der Waals surface area contributed by atoms with Gasteiger partial charge < -0.3 is 15.2 Å². The molecule has 0 saturated carbocycles. The van der Waals surface area contributed by atoms with Gasteiger partial charge in [0.2, 0.25) is 0 Å². The lowest BCUT2D eigenvalue weighted by Crippen LogP contribution is -2.37. The minimum absolute atomic E-state index is 0.0186. The van der Waals surface area contributed by atoms with E-state index in [2.05, 4.69) is 12.6 Å². The molecule has 108 valence electrons. The molecule has 0 amide bonds. The maximum atomic E-state index is 6.06. The second kappa shape index (κ2) is 5.92. The summed E-state index contributed by atoms with van der Waals surface area (Å²) < 4.78 is 12.0. The first-order chi connectivity index (χ1) is 10.3. The smallest absolute Gasteiger partial charge is 0.153 e. The predicted molar refractivity (Wildman–Crippen MR) is 84.6 cm³/mol. The van der Waals surface area contributed by atoms with Crippen LogP contribution in [0.2, 0.25) is 0 Å². The zero-order valence-corrected chi connectivity index (χ0v) is 11.9. The van der Waals surface area contributed by atoms with Gasteiger partial charge >= 0.3 is 0 Å². The molecule has 0 radical (unpaired) electrons. The van der Waals surface area contributed by atoms with Crippen LogP contribution in [0.4, 0.5) is 5.69 Å². The molecule has 2 unspecified atom stereocenters. The lowest BCUT2D eigenvalue weighted by molar-refractivity contribution is 0.0677. The summed E-state index contributed by atoms with van der Waals surface area (Å²) in [7, 11) is 0. The summed E-state index contributed by atoms with van der Waals surface area (Å²) in [5, 5.41) is 0. The van der Waals surface area contributed by atoms with E-state index in [1.165, 1.54) is 5.56 Å². The first-order valence-corrected chi connectivity index (χ1v) is 7.15. The monoisotopic (exact) mass is 281 g/mol. The van der Waals surface area contributed by atoms with Crippen LogP contribution >= 0.6 is 0 Å². The van der Waals surface area contributed by atoms with Crippen molar-refractivity contribution in [3.05, 3.63) is 66.7 Å². The fourth-order valence-electron chi connectivity index (χ4n) is 2.56. The van der Waals surface area contributed by atoms with E-state index in [1.807, 2.05) is 42.5 Å². The number of fused-ring (bicyclic) bond motifs is 1. The number of anilines is 1. The molecular formula is C18H19NO2. The Morgan fingerprint density at radius 2 is 1.95 bits per heavy atom. The van der Waals surface area contributed by atoms with Gasteiger partial charge in [0.15, 0.2) is 6.10 Å². The molecule has 21 heavy (non-hydrogen) atoms. The molecule has 0 spiro atoms. The van der Waals surface area contributed by atoms with Gasteiger partial charge in [-0.1, -0.05) is 24.8 Å². The van der Waals surface area contributed by atoms with Gasteiger partial charge in [0.1, 0.15) is 17.6 Å². The van der Waals surface area contributed by atoms with Crippen LogP contribution in [0.25, 0.3) is 0 Å². The largest absolute Gasteiger partial charge is 0.486 e. The first-order valence-electron chi connectivity index (χ1n) is 7.15. The van der Waals surface area contributed by atoms with Crippen molar-refractivity contribution in [1.82, 2.24) is 0 Å². The summed E-state index contributed by atoms with van der Waals surface area (Å²) in [4.78, 5) is 0. The second-order valence-corrected chi connectivity index (χ2v) is 5.19. The van der Waals surface area contributed by atoms with Gasteiger partial charge in [0, 0.05) is 5.69 Å². The summed E-state index contributed by atoms with van der Waals surface area (Å²) >= 11 is 0. The molecule has 0 fully saturated rings. The number of hydrogen-bond donors (Lipinski definition) is 1. The fourth-order valence-corrected chi connectivity index (χ4v) is 2.56. The molecule has 0 bridgehead atoms.